The molecular formula is C53H88O6. The number of unbranched alkanes of at least 4 members (excludes halogenated alkanes) is 20. The van der Waals surface area contributed by atoms with E-state index in [-0.39, 0.29) is 31.1 Å². The highest BCUT2D eigenvalue weighted by molar-refractivity contribution is 5.71. The molecule has 0 saturated heterocycles. The van der Waals surface area contributed by atoms with Crippen molar-refractivity contribution in [3.8, 4) is 0 Å². The standard InChI is InChI=1S/C53H88O6/c1-4-7-10-13-16-19-22-25-26-27-29-31-34-37-40-43-46-52(55)58-49-50(48-57-51(54)45-42-39-36-33-30-24-21-18-15-12-9-6-3)59-53(56)47-44-41-38-35-32-28-23-20-17-14-11-8-5-2/h8-9,11-12,14,17-18,20-21,23,26-27,29,31,50H,4-7,10,13,15-16,19,22,24-25,28,30,32-49H2,1-3H3/b11-8-,12-9-,17-14-,21-18-,23-20-,27-26-,31-29-. The molecule has 0 aromatic rings. The van der Waals surface area contributed by atoms with Crippen LogP contribution in [0.1, 0.15) is 213 Å². The molecule has 0 aromatic carbocycles. The summed E-state index contributed by atoms with van der Waals surface area (Å²) in [6, 6.07) is 0. The van der Waals surface area contributed by atoms with Crippen molar-refractivity contribution in [2.45, 2.75) is 219 Å². The van der Waals surface area contributed by atoms with E-state index in [2.05, 4.69) is 106 Å². The summed E-state index contributed by atoms with van der Waals surface area (Å²) in [7, 11) is 0. The quantitative estimate of drug-likeness (QED) is 0.0201. The summed E-state index contributed by atoms with van der Waals surface area (Å²) < 4.78 is 16.7. The minimum Gasteiger partial charge on any atom is -0.462 e. The van der Waals surface area contributed by atoms with Gasteiger partial charge in [0.25, 0.3) is 0 Å². The number of carbonyl (C=O) groups is 3. The first-order chi connectivity index (χ1) is 29.0. The zero-order valence-electron chi connectivity index (χ0n) is 38.2. The molecule has 0 heterocycles. The van der Waals surface area contributed by atoms with Crippen LogP contribution in [0.5, 0.6) is 0 Å². The molecule has 0 spiro atoms. The third-order valence-corrected chi connectivity index (χ3v) is 9.95. The summed E-state index contributed by atoms with van der Waals surface area (Å²) >= 11 is 0. The minimum atomic E-state index is -0.803. The number of rotatable bonds is 42. The summed E-state index contributed by atoms with van der Waals surface area (Å²) in [5, 5.41) is 0. The van der Waals surface area contributed by atoms with Crippen molar-refractivity contribution in [3.05, 3.63) is 85.1 Å². The lowest BCUT2D eigenvalue weighted by molar-refractivity contribution is -0.167. The molecule has 59 heavy (non-hydrogen) atoms. The number of hydrogen-bond donors (Lipinski definition) is 0. The molecule has 0 amide bonds. The van der Waals surface area contributed by atoms with E-state index < -0.39 is 6.10 Å². The molecule has 0 rings (SSSR count). The largest absolute Gasteiger partial charge is 0.462 e. The topological polar surface area (TPSA) is 78.9 Å². The Balaban J connectivity index is 4.47. The number of ether oxygens (including phenoxy) is 3. The lowest BCUT2D eigenvalue weighted by Gasteiger charge is -2.18. The predicted octanol–water partition coefficient (Wildman–Crippen LogP) is 15.6. The molecule has 0 bridgehead atoms. The number of carbonyl (C=O) groups excluding carboxylic acids is 3. The van der Waals surface area contributed by atoms with Crippen molar-refractivity contribution < 1.29 is 28.6 Å². The van der Waals surface area contributed by atoms with Crippen LogP contribution < -0.4 is 0 Å². The molecule has 1 atom stereocenters. The van der Waals surface area contributed by atoms with Crippen molar-refractivity contribution in [1.82, 2.24) is 0 Å². The van der Waals surface area contributed by atoms with Gasteiger partial charge in [0.2, 0.25) is 0 Å². The lowest BCUT2D eigenvalue weighted by Crippen LogP contribution is -2.30. The van der Waals surface area contributed by atoms with Crippen molar-refractivity contribution in [3.63, 3.8) is 0 Å². The van der Waals surface area contributed by atoms with E-state index in [0.29, 0.717) is 19.3 Å². The number of esters is 3. The molecule has 0 fully saturated rings. The molecule has 0 radical (unpaired) electrons. The Bertz CT molecular complexity index is 1170. The van der Waals surface area contributed by atoms with Gasteiger partial charge in [-0.15, -0.1) is 0 Å². The first-order valence-corrected chi connectivity index (χ1v) is 24.1. The predicted molar refractivity (Wildman–Crippen MR) is 251 cm³/mol. The maximum atomic E-state index is 12.7. The second kappa shape index (κ2) is 47.3. The van der Waals surface area contributed by atoms with Crippen LogP contribution in [0.3, 0.4) is 0 Å². The molecule has 0 aliphatic rings. The third kappa shape index (κ3) is 45.5. The second-order valence-corrected chi connectivity index (χ2v) is 15.7. The number of hydrogen-bond acceptors (Lipinski definition) is 6. The first kappa shape index (κ1) is 55.6. The molecule has 0 aliphatic heterocycles. The molecule has 6 nitrogen and oxygen atoms in total. The van der Waals surface area contributed by atoms with Gasteiger partial charge in [-0.05, 0) is 89.9 Å². The smallest absolute Gasteiger partial charge is 0.306 e. The average Bonchev–Trinajstić information content (AvgIpc) is 3.23. The highest BCUT2D eigenvalue weighted by atomic mass is 16.6. The maximum Gasteiger partial charge on any atom is 0.306 e. The van der Waals surface area contributed by atoms with Gasteiger partial charge in [-0.3, -0.25) is 14.4 Å². The highest BCUT2D eigenvalue weighted by Crippen LogP contribution is 2.13. The van der Waals surface area contributed by atoms with Gasteiger partial charge in [0, 0.05) is 19.3 Å². The summed E-state index contributed by atoms with van der Waals surface area (Å²) in [6.45, 7) is 6.32. The average molecular weight is 821 g/mol. The van der Waals surface area contributed by atoms with Crippen molar-refractivity contribution in [1.29, 1.82) is 0 Å². The fourth-order valence-corrected chi connectivity index (χ4v) is 6.35. The van der Waals surface area contributed by atoms with Crippen LogP contribution in [-0.4, -0.2) is 37.2 Å². The van der Waals surface area contributed by atoms with Gasteiger partial charge < -0.3 is 14.2 Å². The molecule has 6 heteroatoms. The Morgan fingerprint density at radius 3 is 1.24 bits per heavy atom. The summed E-state index contributed by atoms with van der Waals surface area (Å²) in [4.78, 5) is 37.8. The van der Waals surface area contributed by atoms with Gasteiger partial charge in [-0.1, -0.05) is 189 Å². The van der Waals surface area contributed by atoms with Crippen molar-refractivity contribution in [2.24, 2.45) is 0 Å². The molecule has 0 saturated carbocycles. The van der Waals surface area contributed by atoms with Crippen LogP contribution in [0.25, 0.3) is 0 Å². The van der Waals surface area contributed by atoms with Crippen molar-refractivity contribution >= 4 is 17.9 Å². The Labute approximate surface area is 363 Å². The fourth-order valence-electron chi connectivity index (χ4n) is 6.35. The van der Waals surface area contributed by atoms with Gasteiger partial charge in [-0.25, -0.2) is 0 Å². The van der Waals surface area contributed by atoms with Crippen LogP contribution in [0.4, 0.5) is 0 Å². The molecule has 0 aromatic heterocycles. The van der Waals surface area contributed by atoms with E-state index in [1.807, 2.05) is 0 Å². The van der Waals surface area contributed by atoms with Crippen LogP contribution in [0.2, 0.25) is 0 Å². The summed E-state index contributed by atoms with van der Waals surface area (Å²) in [5.41, 5.74) is 0. The van der Waals surface area contributed by atoms with E-state index in [0.717, 1.165) is 128 Å². The molecule has 0 aliphatic carbocycles. The molecule has 336 valence electrons. The first-order valence-electron chi connectivity index (χ1n) is 24.1. The molecule has 0 N–H and O–H groups in total. The normalized spacial score (nSPS) is 12.8. The Morgan fingerprint density at radius 1 is 0.373 bits per heavy atom. The molecule has 1 unspecified atom stereocenters. The third-order valence-electron chi connectivity index (χ3n) is 9.95. The van der Waals surface area contributed by atoms with E-state index in [1.165, 1.54) is 44.9 Å². The lowest BCUT2D eigenvalue weighted by atomic mass is 10.1. The van der Waals surface area contributed by atoms with Gasteiger partial charge in [0.1, 0.15) is 13.2 Å². The maximum absolute atomic E-state index is 12.7. The van der Waals surface area contributed by atoms with E-state index in [1.54, 1.807) is 0 Å². The van der Waals surface area contributed by atoms with Gasteiger partial charge in [0.15, 0.2) is 6.10 Å². The van der Waals surface area contributed by atoms with E-state index in [4.69, 9.17) is 14.2 Å². The zero-order valence-corrected chi connectivity index (χ0v) is 38.2. The van der Waals surface area contributed by atoms with Gasteiger partial charge in [0.05, 0.1) is 0 Å². The highest BCUT2D eigenvalue weighted by Gasteiger charge is 2.19. The monoisotopic (exact) mass is 821 g/mol. The number of allylic oxidation sites excluding steroid dienone is 14. The van der Waals surface area contributed by atoms with E-state index >= 15 is 0 Å². The van der Waals surface area contributed by atoms with E-state index in [9.17, 15) is 14.4 Å². The van der Waals surface area contributed by atoms with Crippen LogP contribution in [-0.2, 0) is 28.6 Å². The summed E-state index contributed by atoms with van der Waals surface area (Å²) in [6.07, 6.45) is 60.0. The van der Waals surface area contributed by atoms with Crippen molar-refractivity contribution in [2.75, 3.05) is 13.2 Å². The Hall–Kier alpha value is -3.41. The van der Waals surface area contributed by atoms with Crippen LogP contribution in [0, 0.1) is 0 Å². The Morgan fingerprint density at radius 2 is 0.746 bits per heavy atom. The minimum absolute atomic E-state index is 0.102. The van der Waals surface area contributed by atoms with Crippen LogP contribution in [0.15, 0.2) is 85.1 Å². The molecular weight excluding hydrogens is 733 g/mol. The zero-order chi connectivity index (χ0) is 43.0. The van der Waals surface area contributed by atoms with Gasteiger partial charge in [-0.2, -0.15) is 0 Å². The SMILES string of the molecule is CC\C=C/C=C\C=C/CCCCCCCC(=O)OC(COC(=O)CCCCC/C=C\C=C/CCCCCCCCC)COC(=O)CCCCCCC/C=C\C/C=C\CC. The Kier molecular flexibility index (Phi) is 44.5. The summed E-state index contributed by atoms with van der Waals surface area (Å²) in [5.74, 6) is -0.969. The fraction of sp³-hybridized carbons (Fsp3) is 0.679. The van der Waals surface area contributed by atoms with Crippen LogP contribution >= 0.6 is 0 Å². The second-order valence-electron chi connectivity index (χ2n) is 15.7. The van der Waals surface area contributed by atoms with Gasteiger partial charge >= 0.3 is 17.9 Å².